The minimum absolute atomic E-state index is 0.0142. The van der Waals surface area contributed by atoms with E-state index >= 15 is 0 Å². The van der Waals surface area contributed by atoms with Crippen LogP contribution < -0.4 is 14.8 Å². The molecule has 1 aromatic heterocycles. The number of nitrogens with zero attached hydrogens (tertiary/aromatic N) is 1. The number of Topliss-reactive ketones (excluding diaryl/α,β-unsaturated/α-hetero) is 1. The minimum Gasteiger partial charge on any atom is -0.507 e. The molecule has 5 rings (SSSR count). The van der Waals surface area contributed by atoms with Gasteiger partial charge in [-0.15, -0.1) is 0 Å². The van der Waals surface area contributed by atoms with Crippen molar-refractivity contribution in [1.29, 1.82) is 0 Å². The number of esters is 1. The van der Waals surface area contributed by atoms with Crippen LogP contribution in [0.5, 0.6) is 23.0 Å². The maximum absolute atomic E-state index is 13.5. The van der Waals surface area contributed by atoms with Crippen molar-refractivity contribution in [3.63, 3.8) is 0 Å². The highest BCUT2D eigenvalue weighted by molar-refractivity contribution is 5.98. The third kappa shape index (κ3) is 7.37. The average molecular weight is 601 g/mol. The van der Waals surface area contributed by atoms with E-state index in [1.807, 2.05) is 6.07 Å². The second-order valence-electron chi connectivity index (χ2n) is 11.0. The van der Waals surface area contributed by atoms with Crippen molar-refractivity contribution in [2.24, 2.45) is 0 Å². The molecule has 0 radical (unpaired) electrons. The number of aromatic nitrogens is 1. The molecule has 3 N–H and O–H groups in total. The third-order valence-electron chi connectivity index (χ3n) is 7.78. The van der Waals surface area contributed by atoms with Crippen molar-refractivity contribution in [3.8, 4) is 23.0 Å². The molecule has 2 aliphatic rings. The van der Waals surface area contributed by atoms with Gasteiger partial charge in [-0.3, -0.25) is 14.6 Å². The zero-order valence-corrected chi connectivity index (χ0v) is 24.6. The summed E-state index contributed by atoms with van der Waals surface area (Å²) in [5.74, 6) is -1.57. The number of carbonyl (C=O) groups excluding carboxylic acids is 3. The quantitative estimate of drug-likeness (QED) is 0.311. The maximum atomic E-state index is 13.5. The number of ketones is 1. The van der Waals surface area contributed by atoms with Crippen LogP contribution >= 0.6 is 0 Å². The normalized spacial score (nSPS) is 18.4. The molecule has 1 amide bonds. The lowest BCUT2D eigenvalue weighted by molar-refractivity contribution is -0.121. The number of hydrogen-bond acceptors (Lipinski definition) is 9. The van der Waals surface area contributed by atoms with Crippen molar-refractivity contribution in [2.75, 3.05) is 6.79 Å². The van der Waals surface area contributed by atoms with Crippen LogP contribution in [0.15, 0.2) is 54.7 Å². The van der Waals surface area contributed by atoms with Crippen LogP contribution in [0.3, 0.4) is 0 Å². The molecule has 44 heavy (non-hydrogen) atoms. The van der Waals surface area contributed by atoms with E-state index in [-0.39, 0.29) is 53.9 Å². The molecule has 10 heteroatoms. The van der Waals surface area contributed by atoms with E-state index in [2.05, 4.69) is 10.3 Å². The van der Waals surface area contributed by atoms with E-state index in [0.717, 1.165) is 0 Å². The Morgan fingerprint density at radius 1 is 1.07 bits per heavy atom. The van der Waals surface area contributed by atoms with Crippen LogP contribution in [0.4, 0.5) is 0 Å². The van der Waals surface area contributed by atoms with E-state index in [0.29, 0.717) is 61.3 Å². The molecule has 1 unspecified atom stereocenters. The summed E-state index contributed by atoms with van der Waals surface area (Å²) in [4.78, 5) is 43.2. The number of aromatic hydroxyl groups is 2. The number of benzene rings is 2. The number of pyridine rings is 1. The van der Waals surface area contributed by atoms with Crippen molar-refractivity contribution in [2.45, 2.75) is 70.4 Å². The number of amides is 1. The number of rotatable bonds is 6. The van der Waals surface area contributed by atoms with Gasteiger partial charge >= 0.3 is 5.97 Å². The van der Waals surface area contributed by atoms with Gasteiger partial charge in [0.05, 0.1) is 18.3 Å². The lowest BCUT2D eigenvalue weighted by atomic mass is 9.84. The van der Waals surface area contributed by atoms with Gasteiger partial charge in [-0.05, 0) is 74.1 Å². The summed E-state index contributed by atoms with van der Waals surface area (Å²) in [5.41, 5.74) is 1.42. The molecule has 3 heterocycles. The monoisotopic (exact) mass is 600 g/mol. The van der Waals surface area contributed by atoms with Crippen molar-refractivity contribution in [1.82, 2.24) is 10.3 Å². The Bertz CT molecular complexity index is 1550. The number of ether oxygens (including phenoxy) is 3. The Labute approximate surface area is 255 Å². The number of carbonyl (C=O) groups is 3. The molecule has 0 aliphatic carbocycles. The fraction of sp³-hybridized carbons (Fsp3) is 0.353. The number of hydrogen-bond donors (Lipinski definition) is 3. The standard InChI is InChI=1S/C34H36N2O8/c1-21-8-7-12-25(37)11-4-2-3-9-23-16-27(38)32(33(40)31(23)34(41)44-21)26(22-13-14-28-29(17-22)43-20-42-28)18-30(39)36-19-24-10-5-6-15-35-24/h3,5-6,9-10,13-17,21,26,38,40H,2,4,7-8,11-12,18-20H2,1H3,(H,36,39)/b9-3+/t21-,26?/m0/s1. The molecular weight excluding hydrogens is 564 g/mol. The fourth-order valence-corrected chi connectivity index (χ4v) is 5.48. The van der Waals surface area contributed by atoms with E-state index in [1.54, 1.807) is 55.6 Å². The van der Waals surface area contributed by atoms with Gasteiger partial charge in [0, 0.05) is 36.9 Å². The zero-order chi connectivity index (χ0) is 31.1. The number of allylic oxidation sites excluding steroid dienone is 1. The molecule has 0 saturated heterocycles. The topological polar surface area (TPSA) is 144 Å². The third-order valence-corrected chi connectivity index (χ3v) is 7.78. The van der Waals surface area contributed by atoms with E-state index in [9.17, 15) is 24.6 Å². The number of phenolic OH excluding ortho intramolecular Hbond substituents is 2. The largest absolute Gasteiger partial charge is 0.507 e. The highest BCUT2D eigenvalue weighted by Crippen LogP contribution is 2.46. The van der Waals surface area contributed by atoms with E-state index < -0.39 is 23.7 Å². The zero-order valence-electron chi connectivity index (χ0n) is 24.6. The molecule has 0 saturated carbocycles. The van der Waals surface area contributed by atoms with Crippen LogP contribution in [0.2, 0.25) is 0 Å². The van der Waals surface area contributed by atoms with Crippen molar-refractivity contribution >= 4 is 23.7 Å². The second kappa shape index (κ2) is 14.1. The lowest BCUT2D eigenvalue weighted by Crippen LogP contribution is -2.25. The molecule has 2 aromatic carbocycles. The van der Waals surface area contributed by atoms with Crippen molar-refractivity contribution < 1.29 is 38.8 Å². The Balaban J connectivity index is 1.54. The average Bonchev–Trinajstić information content (AvgIpc) is 3.47. The van der Waals surface area contributed by atoms with E-state index in [1.165, 1.54) is 6.07 Å². The fourth-order valence-electron chi connectivity index (χ4n) is 5.48. The molecule has 0 fully saturated rings. The van der Waals surface area contributed by atoms with Crippen LogP contribution in [0.25, 0.3) is 6.08 Å². The van der Waals surface area contributed by atoms with Gasteiger partial charge < -0.3 is 29.7 Å². The highest BCUT2D eigenvalue weighted by atomic mass is 16.7. The number of fused-ring (bicyclic) bond motifs is 2. The van der Waals surface area contributed by atoms with Gasteiger partial charge in [-0.25, -0.2) is 4.79 Å². The Morgan fingerprint density at radius 2 is 1.89 bits per heavy atom. The van der Waals surface area contributed by atoms with Gasteiger partial charge in [-0.2, -0.15) is 0 Å². The molecule has 2 atom stereocenters. The highest BCUT2D eigenvalue weighted by Gasteiger charge is 2.31. The minimum atomic E-state index is -0.869. The predicted octanol–water partition coefficient (Wildman–Crippen LogP) is 5.54. The SMILES string of the molecule is C[C@H]1CCCC(=O)CCC/C=C/c2cc(O)c(C(CC(=O)NCc3ccccn3)c3ccc4c(c3)OCO4)c(O)c2C(=O)O1. The summed E-state index contributed by atoms with van der Waals surface area (Å²) in [6.07, 6.45) is 7.59. The first-order chi connectivity index (χ1) is 21.3. The van der Waals surface area contributed by atoms with Crippen LogP contribution in [-0.2, 0) is 20.9 Å². The van der Waals surface area contributed by atoms with Crippen LogP contribution in [0.1, 0.15) is 90.5 Å². The molecule has 0 spiro atoms. The van der Waals surface area contributed by atoms with Gasteiger partial charge in [0.2, 0.25) is 12.7 Å². The van der Waals surface area contributed by atoms with Gasteiger partial charge in [0.1, 0.15) is 22.8 Å². The first-order valence-electron chi connectivity index (χ1n) is 14.8. The summed E-state index contributed by atoms with van der Waals surface area (Å²) in [5, 5.41) is 25.9. The Kier molecular flexibility index (Phi) is 9.79. The van der Waals surface area contributed by atoms with Gasteiger partial charge in [-0.1, -0.05) is 24.3 Å². The van der Waals surface area contributed by atoms with Gasteiger partial charge in [0.15, 0.2) is 11.5 Å². The summed E-state index contributed by atoms with van der Waals surface area (Å²) in [6.45, 7) is 1.98. The summed E-state index contributed by atoms with van der Waals surface area (Å²) < 4.78 is 16.7. The molecule has 0 bridgehead atoms. The van der Waals surface area contributed by atoms with Gasteiger partial charge in [0.25, 0.3) is 0 Å². The number of nitrogens with one attached hydrogen (secondary N) is 1. The van der Waals surface area contributed by atoms with Crippen LogP contribution in [0, 0.1) is 0 Å². The Hall–Kier alpha value is -4.86. The second-order valence-corrected chi connectivity index (χ2v) is 11.0. The molecular formula is C34H36N2O8. The number of phenols is 2. The smallest absolute Gasteiger partial charge is 0.342 e. The summed E-state index contributed by atoms with van der Waals surface area (Å²) in [6, 6.07) is 11.9. The summed E-state index contributed by atoms with van der Waals surface area (Å²) in [7, 11) is 0. The first-order valence-corrected chi connectivity index (χ1v) is 14.8. The molecule has 3 aromatic rings. The summed E-state index contributed by atoms with van der Waals surface area (Å²) >= 11 is 0. The lowest BCUT2D eigenvalue weighted by Gasteiger charge is -2.23. The van der Waals surface area contributed by atoms with Crippen LogP contribution in [-0.4, -0.2) is 45.8 Å². The molecule has 10 nitrogen and oxygen atoms in total. The van der Waals surface area contributed by atoms with Crippen molar-refractivity contribution in [3.05, 3.63) is 82.7 Å². The number of cyclic esters (lactones) is 1. The Morgan fingerprint density at radius 3 is 2.70 bits per heavy atom. The molecule has 2 aliphatic heterocycles. The maximum Gasteiger partial charge on any atom is 0.342 e. The molecule has 230 valence electrons. The first kappa shape index (κ1) is 30.6. The van der Waals surface area contributed by atoms with E-state index in [4.69, 9.17) is 14.2 Å². The predicted molar refractivity (Wildman–Crippen MR) is 162 cm³/mol.